The molecule has 0 radical (unpaired) electrons. The van der Waals surface area contributed by atoms with Crippen molar-refractivity contribution in [3.8, 4) is 5.75 Å². The highest BCUT2D eigenvalue weighted by Crippen LogP contribution is 2.31. The number of imidazole rings is 1. The summed E-state index contributed by atoms with van der Waals surface area (Å²) >= 11 is 0. The number of anilines is 1. The number of rotatable bonds is 3. The normalized spacial score (nSPS) is 14.4. The molecule has 5 nitrogen and oxygen atoms in total. The molecule has 0 unspecified atom stereocenters. The van der Waals surface area contributed by atoms with Crippen LogP contribution in [-0.4, -0.2) is 29.1 Å². The van der Waals surface area contributed by atoms with Gasteiger partial charge in [-0.15, -0.1) is 0 Å². The van der Waals surface area contributed by atoms with Crippen molar-refractivity contribution in [1.82, 2.24) is 9.55 Å². The first kappa shape index (κ1) is 16.8. The first-order chi connectivity index (χ1) is 13.7. The third-order valence-corrected chi connectivity index (χ3v) is 5.63. The molecule has 1 atom stereocenters. The number of benzene rings is 3. The number of aromatic nitrogens is 2. The van der Waals surface area contributed by atoms with Gasteiger partial charge in [0.25, 0.3) is 0 Å². The first-order valence-corrected chi connectivity index (χ1v) is 9.50. The number of hydrogen-bond donors (Lipinski definition) is 0. The lowest BCUT2D eigenvalue weighted by atomic mass is 9.96. The van der Waals surface area contributed by atoms with Crippen LogP contribution in [0.2, 0.25) is 0 Å². The maximum Gasteiger partial charge on any atom is 0.236 e. The number of amides is 1. The van der Waals surface area contributed by atoms with E-state index >= 15 is 0 Å². The van der Waals surface area contributed by atoms with Crippen LogP contribution in [-0.2, 0) is 11.3 Å². The Balaban J connectivity index is 1.47. The largest absolute Gasteiger partial charge is 0.497 e. The van der Waals surface area contributed by atoms with E-state index in [9.17, 15) is 4.79 Å². The molecule has 140 valence electrons. The van der Waals surface area contributed by atoms with Crippen LogP contribution in [0.5, 0.6) is 5.75 Å². The molecule has 0 saturated carbocycles. The monoisotopic (exact) mass is 371 g/mol. The number of carbonyl (C=O) groups excluding carboxylic acids is 1. The van der Waals surface area contributed by atoms with Crippen LogP contribution in [0, 0.1) is 0 Å². The number of hydrogen-bond acceptors (Lipinski definition) is 3. The molecule has 0 bridgehead atoms. The van der Waals surface area contributed by atoms with E-state index in [4.69, 9.17) is 9.72 Å². The highest BCUT2D eigenvalue weighted by Gasteiger charge is 2.31. The minimum absolute atomic E-state index is 0.0851. The SMILES string of the molecule is COc1ccc2cc([C@@H](C)C(=O)N3CCn4c3nc3ccccc34)ccc2c1. The summed E-state index contributed by atoms with van der Waals surface area (Å²) < 4.78 is 7.43. The smallest absolute Gasteiger partial charge is 0.236 e. The number of ether oxygens (including phenoxy) is 1. The quantitative estimate of drug-likeness (QED) is 0.538. The van der Waals surface area contributed by atoms with Crippen molar-refractivity contribution < 1.29 is 9.53 Å². The van der Waals surface area contributed by atoms with Gasteiger partial charge in [-0.2, -0.15) is 0 Å². The lowest BCUT2D eigenvalue weighted by Gasteiger charge is -2.20. The second kappa shape index (κ2) is 6.37. The predicted octanol–water partition coefficient (Wildman–Crippen LogP) is 4.35. The van der Waals surface area contributed by atoms with E-state index in [-0.39, 0.29) is 11.8 Å². The van der Waals surface area contributed by atoms with Crippen LogP contribution in [0.25, 0.3) is 21.8 Å². The second-order valence-corrected chi connectivity index (χ2v) is 7.24. The molecule has 1 aliphatic heterocycles. The van der Waals surface area contributed by atoms with E-state index in [1.165, 1.54) is 0 Å². The lowest BCUT2D eigenvalue weighted by molar-refractivity contribution is -0.119. The molecule has 28 heavy (non-hydrogen) atoms. The van der Waals surface area contributed by atoms with Crippen molar-refractivity contribution in [2.24, 2.45) is 0 Å². The van der Waals surface area contributed by atoms with Gasteiger partial charge >= 0.3 is 0 Å². The molecule has 2 heterocycles. The lowest BCUT2D eigenvalue weighted by Crippen LogP contribution is -2.33. The van der Waals surface area contributed by atoms with Gasteiger partial charge in [0.05, 0.1) is 24.1 Å². The van der Waals surface area contributed by atoms with Gasteiger partial charge in [-0.1, -0.05) is 36.4 Å². The Morgan fingerprint density at radius 3 is 2.68 bits per heavy atom. The van der Waals surface area contributed by atoms with Crippen molar-refractivity contribution in [1.29, 1.82) is 0 Å². The third kappa shape index (κ3) is 2.54. The number of para-hydroxylation sites is 2. The summed E-state index contributed by atoms with van der Waals surface area (Å²) in [5.41, 5.74) is 3.03. The number of carbonyl (C=O) groups is 1. The third-order valence-electron chi connectivity index (χ3n) is 5.63. The number of nitrogens with zero attached hydrogens (tertiary/aromatic N) is 3. The van der Waals surface area contributed by atoms with E-state index in [1.807, 2.05) is 54.3 Å². The molecular weight excluding hydrogens is 350 g/mol. The Bertz CT molecular complexity index is 1210. The molecule has 1 aromatic heterocycles. The highest BCUT2D eigenvalue weighted by atomic mass is 16.5. The van der Waals surface area contributed by atoms with Crippen molar-refractivity contribution in [2.75, 3.05) is 18.6 Å². The van der Waals surface area contributed by atoms with Crippen molar-refractivity contribution >= 4 is 33.7 Å². The zero-order chi connectivity index (χ0) is 19.3. The van der Waals surface area contributed by atoms with Crippen LogP contribution in [0.4, 0.5) is 5.95 Å². The topological polar surface area (TPSA) is 47.4 Å². The molecule has 0 spiro atoms. The second-order valence-electron chi connectivity index (χ2n) is 7.24. The Hall–Kier alpha value is -3.34. The van der Waals surface area contributed by atoms with Crippen molar-refractivity contribution in [3.05, 3.63) is 66.2 Å². The molecule has 5 heteroatoms. The van der Waals surface area contributed by atoms with Gasteiger partial charge in [0.1, 0.15) is 5.75 Å². The molecule has 0 saturated heterocycles. The minimum Gasteiger partial charge on any atom is -0.497 e. The summed E-state index contributed by atoms with van der Waals surface area (Å²) in [4.78, 5) is 19.8. The van der Waals surface area contributed by atoms with E-state index in [0.717, 1.165) is 45.6 Å². The zero-order valence-corrected chi connectivity index (χ0v) is 15.9. The molecule has 0 N–H and O–H groups in total. The van der Waals surface area contributed by atoms with Crippen LogP contribution >= 0.6 is 0 Å². The summed E-state index contributed by atoms with van der Waals surface area (Å²) in [5, 5.41) is 2.21. The van der Waals surface area contributed by atoms with Crippen molar-refractivity contribution in [2.45, 2.75) is 19.4 Å². The van der Waals surface area contributed by atoms with Gasteiger partial charge in [-0.25, -0.2) is 4.98 Å². The molecule has 3 aromatic carbocycles. The zero-order valence-electron chi connectivity index (χ0n) is 15.9. The number of fused-ring (bicyclic) bond motifs is 4. The average molecular weight is 371 g/mol. The van der Waals surface area contributed by atoms with Gasteiger partial charge in [0, 0.05) is 13.1 Å². The first-order valence-electron chi connectivity index (χ1n) is 9.50. The number of methoxy groups -OCH3 is 1. The fourth-order valence-electron chi connectivity index (χ4n) is 4.01. The van der Waals surface area contributed by atoms with Gasteiger partial charge in [-0.3, -0.25) is 9.69 Å². The summed E-state index contributed by atoms with van der Waals surface area (Å²) in [5.74, 6) is 1.43. The maximum absolute atomic E-state index is 13.3. The molecule has 0 aliphatic carbocycles. The van der Waals surface area contributed by atoms with E-state index in [1.54, 1.807) is 7.11 Å². The predicted molar refractivity (Wildman–Crippen MR) is 111 cm³/mol. The minimum atomic E-state index is -0.238. The maximum atomic E-state index is 13.3. The van der Waals surface area contributed by atoms with Gasteiger partial charge in [-0.05, 0) is 47.5 Å². The van der Waals surface area contributed by atoms with Crippen LogP contribution in [0.3, 0.4) is 0 Å². The summed E-state index contributed by atoms with van der Waals surface area (Å²) in [6.45, 7) is 3.42. The molecule has 0 fully saturated rings. The summed E-state index contributed by atoms with van der Waals surface area (Å²) in [7, 11) is 1.67. The Kier molecular flexibility index (Phi) is 3.83. The average Bonchev–Trinajstić information content (AvgIpc) is 3.31. The van der Waals surface area contributed by atoms with Gasteiger partial charge < -0.3 is 9.30 Å². The van der Waals surface area contributed by atoms with Gasteiger partial charge in [0.2, 0.25) is 11.9 Å². The van der Waals surface area contributed by atoms with E-state index < -0.39 is 0 Å². The Morgan fingerprint density at radius 2 is 1.82 bits per heavy atom. The Morgan fingerprint density at radius 1 is 1.04 bits per heavy atom. The molecule has 1 amide bonds. The summed E-state index contributed by atoms with van der Waals surface area (Å²) in [6.07, 6.45) is 0. The van der Waals surface area contributed by atoms with Crippen LogP contribution < -0.4 is 9.64 Å². The molecule has 5 rings (SSSR count). The van der Waals surface area contributed by atoms with Crippen LogP contribution in [0.1, 0.15) is 18.4 Å². The molecule has 1 aliphatic rings. The fraction of sp³-hybridized carbons (Fsp3) is 0.217. The standard InChI is InChI=1S/C23H21N3O2/c1-15(16-7-8-18-14-19(28-2)10-9-17(18)13-16)22(27)26-12-11-25-21-6-4-3-5-20(21)24-23(25)26/h3-10,13-15H,11-12H2,1-2H3/t15-/m1/s1. The van der Waals surface area contributed by atoms with Crippen LogP contribution in [0.15, 0.2) is 60.7 Å². The molecular formula is C23H21N3O2. The van der Waals surface area contributed by atoms with E-state index in [2.05, 4.69) is 22.8 Å². The fourth-order valence-corrected chi connectivity index (χ4v) is 4.01. The van der Waals surface area contributed by atoms with E-state index in [0.29, 0.717) is 6.54 Å². The van der Waals surface area contributed by atoms with Crippen molar-refractivity contribution in [3.63, 3.8) is 0 Å². The Labute approximate surface area is 163 Å². The summed E-state index contributed by atoms with van der Waals surface area (Å²) in [6, 6.07) is 20.2. The highest BCUT2D eigenvalue weighted by molar-refractivity contribution is 5.99. The molecule has 4 aromatic rings. The van der Waals surface area contributed by atoms with Gasteiger partial charge in [0.15, 0.2) is 0 Å².